The molecule has 1 aromatic carbocycles. The van der Waals surface area contributed by atoms with Gasteiger partial charge >= 0.3 is 6.09 Å². The Bertz CT molecular complexity index is 1010. The second-order valence-corrected chi connectivity index (χ2v) is 10.9. The third-order valence-electron chi connectivity index (χ3n) is 7.13. The Balaban J connectivity index is 1.38. The van der Waals surface area contributed by atoms with Crippen LogP contribution in [0.25, 0.3) is 0 Å². The molecule has 188 valence electrons. The molecule has 0 radical (unpaired) electrons. The summed E-state index contributed by atoms with van der Waals surface area (Å²) in [5, 5.41) is 12.6. The van der Waals surface area contributed by atoms with Gasteiger partial charge in [0.1, 0.15) is 17.7 Å². The molecular weight excluding hydrogens is 446 g/mol. The van der Waals surface area contributed by atoms with Crippen LogP contribution in [0.2, 0.25) is 0 Å². The van der Waals surface area contributed by atoms with Crippen molar-refractivity contribution in [2.45, 2.75) is 70.2 Å². The van der Waals surface area contributed by atoms with Gasteiger partial charge in [-0.1, -0.05) is 12.1 Å². The highest BCUT2D eigenvalue weighted by Crippen LogP contribution is 2.43. The highest BCUT2D eigenvalue weighted by atomic mass is 16.6. The fraction of sp³-hybridized carbons (Fsp3) is 0.615. The van der Waals surface area contributed by atoms with Crippen LogP contribution in [0.15, 0.2) is 24.3 Å². The van der Waals surface area contributed by atoms with Gasteiger partial charge in [-0.3, -0.25) is 14.5 Å². The molecule has 1 N–H and O–H groups in total. The molecule has 4 atom stereocenters. The van der Waals surface area contributed by atoms with E-state index in [0.29, 0.717) is 19.5 Å². The van der Waals surface area contributed by atoms with E-state index in [1.807, 2.05) is 57.0 Å². The highest BCUT2D eigenvalue weighted by molar-refractivity contribution is 5.87. The first-order valence-corrected chi connectivity index (χ1v) is 12.3. The van der Waals surface area contributed by atoms with Gasteiger partial charge < -0.3 is 19.9 Å². The minimum absolute atomic E-state index is 0.0140. The Morgan fingerprint density at radius 2 is 1.91 bits per heavy atom. The summed E-state index contributed by atoms with van der Waals surface area (Å²) in [5.41, 5.74) is 1.24. The molecule has 9 heteroatoms. The first-order chi connectivity index (χ1) is 16.6. The van der Waals surface area contributed by atoms with E-state index in [4.69, 9.17) is 4.74 Å². The molecule has 2 aliphatic heterocycles. The van der Waals surface area contributed by atoms with Crippen LogP contribution in [0.1, 0.15) is 45.6 Å². The zero-order chi connectivity index (χ0) is 25.3. The summed E-state index contributed by atoms with van der Waals surface area (Å²) in [6, 6.07) is 8.65. The number of carbonyl (C=O) groups excluding carboxylic acids is 3. The maximum atomic E-state index is 13.2. The third-order valence-corrected chi connectivity index (χ3v) is 7.13. The summed E-state index contributed by atoms with van der Waals surface area (Å²) in [4.78, 5) is 43.4. The standard InChI is InChI=1S/C26H35N5O4/c1-26(2,3)35-25(34)31-21-10-7-18(14-21)23(31)24(33)28-19(15-27)13-17-5-8-20(9-6-17)30-12-11-29(4)22(32)16-30/h5-6,8-9,18-19,21,23H,7,10-14,16H2,1-4H3,(H,28,33)/t18-,19-,21+,23-/m0/s1. The van der Waals surface area contributed by atoms with Crippen molar-refractivity contribution >= 4 is 23.6 Å². The predicted octanol–water partition coefficient (Wildman–Crippen LogP) is 2.30. The van der Waals surface area contributed by atoms with Gasteiger partial charge in [-0.25, -0.2) is 4.79 Å². The molecule has 2 heterocycles. The molecule has 1 saturated carbocycles. The van der Waals surface area contributed by atoms with E-state index >= 15 is 0 Å². The van der Waals surface area contributed by atoms with E-state index in [9.17, 15) is 19.6 Å². The molecule has 4 rings (SSSR count). The lowest BCUT2D eigenvalue weighted by Gasteiger charge is -2.35. The van der Waals surface area contributed by atoms with Gasteiger partial charge in [0, 0.05) is 38.3 Å². The molecule has 1 aromatic rings. The van der Waals surface area contributed by atoms with Crippen molar-refractivity contribution in [3.63, 3.8) is 0 Å². The second kappa shape index (κ2) is 9.76. The number of rotatable bonds is 5. The van der Waals surface area contributed by atoms with Gasteiger partial charge in [0.25, 0.3) is 0 Å². The Kier molecular flexibility index (Phi) is 6.93. The van der Waals surface area contributed by atoms with Crippen LogP contribution in [-0.4, -0.2) is 78.1 Å². The number of nitrogens with zero attached hydrogens (tertiary/aromatic N) is 4. The molecular formula is C26H35N5O4. The van der Waals surface area contributed by atoms with Gasteiger partial charge in [-0.05, 0) is 63.6 Å². The van der Waals surface area contributed by atoms with E-state index in [1.165, 1.54) is 0 Å². The summed E-state index contributed by atoms with van der Waals surface area (Å²) in [5.74, 6) is -0.103. The molecule has 2 saturated heterocycles. The number of hydrogen-bond donors (Lipinski definition) is 1. The zero-order valence-electron chi connectivity index (χ0n) is 21.0. The van der Waals surface area contributed by atoms with Gasteiger partial charge in [-0.2, -0.15) is 5.26 Å². The number of likely N-dealkylation sites (tertiary alicyclic amines) is 1. The average Bonchev–Trinajstić information content (AvgIpc) is 3.42. The monoisotopic (exact) mass is 481 g/mol. The lowest BCUT2D eigenvalue weighted by atomic mass is 9.97. The van der Waals surface area contributed by atoms with Gasteiger partial charge in [0.05, 0.1) is 12.6 Å². The van der Waals surface area contributed by atoms with E-state index < -0.39 is 23.8 Å². The van der Waals surface area contributed by atoms with Crippen molar-refractivity contribution in [1.29, 1.82) is 5.26 Å². The minimum Gasteiger partial charge on any atom is -0.444 e. The van der Waals surface area contributed by atoms with Gasteiger partial charge in [0.15, 0.2) is 0 Å². The molecule has 0 aromatic heterocycles. The summed E-state index contributed by atoms with van der Waals surface area (Å²) in [6.45, 7) is 7.25. The Labute approximate surface area is 207 Å². The lowest BCUT2D eigenvalue weighted by Crippen LogP contribution is -2.55. The van der Waals surface area contributed by atoms with E-state index in [1.54, 1.807) is 9.80 Å². The third kappa shape index (κ3) is 5.53. The number of piperazine rings is 1. The van der Waals surface area contributed by atoms with Crippen molar-refractivity contribution in [3.05, 3.63) is 29.8 Å². The maximum absolute atomic E-state index is 13.2. The molecule has 3 aliphatic rings. The summed E-state index contributed by atoms with van der Waals surface area (Å²) in [6.07, 6.45) is 2.47. The second-order valence-electron chi connectivity index (χ2n) is 10.9. The van der Waals surface area contributed by atoms with Gasteiger partial charge in [0.2, 0.25) is 11.8 Å². The number of anilines is 1. The highest BCUT2D eigenvalue weighted by Gasteiger charge is 2.52. The van der Waals surface area contributed by atoms with Crippen molar-refractivity contribution in [3.8, 4) is 6.07 Å². The lowest BCUT2D eigenvalue weighted by molar-refractivity contribution is -0.129. The number of nitriles is 1. The van der Waals surface area contributed by atoms with Crippen LogP contribution in [-0.2, 0) is 20.7 Å². The fourth-order valence-electron chi connectivity index (χ4n) is 5.35. The van der Waals surface area contributed by atoms with E-state index in [2.05, 4.69) is 11.4 Å². The predicted molar refractivity (Wildman–Crippen MR) is 131 cm³/mol. The van der Waals surface area contributed by atoms with Crippen molar-refractivity contribution in [2.75, 3.05) is 31.6 Å². The number of carbonyl (C=O) groups is 3. The number of piperidine rings is 1. The number of ether oxygens (including phenoxy) is 1. The minimum atomic E-state index is -0.710. The first kappa shape index (κ1) is 24.8. The van der Waals surface area contributed by atoms with Crippen molar-refractivity contribution in [2.24, 2.45) is 5.92 Å². The molecule has 35 heavy (non-hydrogen) atoms. The molecule has 0 spiro atoms. The van der Waals surface area contributed by atoms with Crippen LogP contribution in [0.3, 0.4) is 0 Å². The molecule has 1 aliphatic carbocycles. The summed E-state index contributed by atoms with van der Waals surface area (Å²) in [7, 11) is 1.81. The number of hydrogen-bond acceptors (Lipinski definition) is 6. The van der Waals surface area contributed by atoms with Crippen LogP contribution in [0.5, 0.6) is 0 Å². The number of fused-ring (bicyclic) bond motifs is 2. The maximum Gasteiger partial charge on any atom is 0.411 e. The quantitative estimate of drug-likeness (QED) is 0.692. The van der Waals surface area contributed by atoms with Crippen LogP contribution in [0, 0.1) is 17.2 Å². The Morgan fingerprint density at radius 1 is 1.20 bits per heavy atom. The van der Waals surface area contributed by atoms with Crippen molar-refractivity contribution in [1.82, 2.24) is 15.1 Å². The van der Waals surface area contributed by atoms with Crippen molar-refractivity contribution < 1.29 is 19.1 Å². The van der Waals surface area contributed by atoms with Crippen LogP contribution < -0.4 is 10.2 Å². The molecule has 2 bridgehead atoms. The molecule has 9 nitrogen and oxygen atoms in total. The molecule has 0 unspecified atom stereocenters. The number of benzene rings is 1. The first-order valence-electron chi connectivity index (χ1n) is 12.3. The average molecular weight is 482 g/mol. The number of nitrogens with one attached hydrogen (secondary N) is 1. The number of amides is 3. The Morgan fingerprint density at radius 3 is 2.54 bits per heavy atom. The van der Waals surface area contributed by atoms with E-state index in [0.717, 1.165) is 37.1 Å². The topological polar surface area (TPSA) is 106 Å². The zero-order valence-corrected chi connectivity index (χ0v) is 21.0. The number of likely N-dealkylation sites (N-methyl/N-ethyl adjacent to an activating group) is 1. The largest absolute Gasteiger partial charge is 0.444 e. The molecule has 3 fully saturated rings. The van der Waals surface area contributed by atoms with Crippen LogP contribution >= 0.6 is 0 Å². The fourth-order valence-corrected chi connectivity index (χ4v) is 5.35. The van der Waals surface area contributed by atoms with Crippen LogP contribution in [0.4, 0.5) is 10.5 Å². The van der Waals surface area contributed by atoms with E-state index in [-0.39, 0.29) is 23.8 Å². The van der Waals surface area contributed by atoms with Gasteiger partial charge in [-0.15, -0.1) is 0 Å². The summed E-state index contributed by atoms with van der Waals surface area (Å²) < 4.78 is 5.57. The molecule has 3 amide bonds. The normalized spacial score (nSPS) is 24.8. The SMILES string of the molecule is CN1CCN(c2ccc(C[C@@H](C#N)NC(=O)[C@@H]3[C@H]4CC[C@H](C4)N3C(=O)OC(C)(C)C)cc2)CC1=O. The summed E-state index contributed by atoms with van der Waals surface area (Å²) >= 11 is 0. The Hall–Kier alpha value is -3.28. The smallest absolute Gasteiger partial charge is 0.411 e.